The third-order valence-corrected chi connectivity index (χ3v) is 3.73. The SMILES string of the molecule is O=C(c1ccccc1C(F)(F)F)N1CCC(Oc2cccnn2)C1. The monoisotopic (exact) mass is 337 g/mol. The van der Waals surface area contributed by atoms with E-state index in [1.54, 1.807) is 12.1 Å². The van der Waals surface area contributed by atoms with Crippen molar-refractivity contribution in [1.29, 1.82) is 0 Å². The minimum atomic E-state index is -4.57. The molecule has 1 atom stereocenters. The van der Waals surface area contributed by atoms with Gasteiger partial charge in [-0.3, -0.25) is 4.79 Å². The van der Waals surface area contributed by atoms with Crippen LogP contribution in [0.4, 0.5) is 13.2 Å². The molecular formula is C16H14F3N3O2. The first-order valence-corrected chi connectivity index (χ1v) is 7.35. The van der Waals surface area contributed by atoms with Crippen molar-refractivity contribution in [3.05, 3.63) is 53.7 Å². The highest BCUT2D eigenvalue weighted by molar-refractivity contribution is 5.96. The number of hydrogen-bond donors (Lipinski definition) is 0. The molecule has 0 spiro atoms. The summed E-state index contributed by atoms with van der Waals surface area (Å²) in [6.07, 6.45) is -2.85. The summed E-state index contributed by atoms with van der Waals surface area (Å²) < 4.78 is 44.7. The number of hydrogen-bond acceptors (Lipinski definition) is 4. The number of nitrogens with zero attached hydrogens (tertiary/aromatic N) is 3. The molecule has 5 nitrogen and oxygen atoms in total. The first-order chi connectivity index (χ1) is 11.4. The molecule has 1 amide bonds. The Morgan fingerprint density at radius 3 is 2.71 bits per heavy atom. The Morgan fingerprint density at radius 2 is 2.00 bits per heavy atom. The van der Waals surface area contributed by atoms with E-state index in [-0.39, 0.29) is 18.2 Å². The lowest BCUT2D eigenvalue weighted by molar-refractivity contribution is -0.138. The molecular weight excluding hydrogens is 323 g/mol. The minimum Gasteiger partial charge on any atom is -0.471 e. The average molecular weight is 337 g/mol. The largest absolute Gasteiger partial charge is 0.471 e. The molecule has 1 unspecified atom stereocenters. The van der Waals surface area contributed by atoms with Crippen LogP contribution in [0.1, 0.15) is 22.3 Å². The Bertz CT molecular complexity index is 722. The third kappa shape index (κ3) is 3.47. The molecule has 3 rings (SSSR count). The van der Waals surface area contributed by atoms with E-state index in [4.69, 9.17) is 4.74 Å². The zero-order chi connectivity index (χ0) is 17.2. The van der Waals surface area contributed by atoms with Crippen LogP contribution in [0.3, 0.4) is 0 Å². The second-order valence-corrected chi connectivity index (χ2v) is 5.38. The van der Waals surface area contributed by atoms with Crippen LogP contribution in [-0.4, -0.2) is 40.2 Å². The van der Waals surface area contributed by atoms with Gasteiger partial charge < -0.3 is 9.64 Å². The van der Waals surface area contributed by atoms with E-state index >= 15 is 0 Å². The molecule has 0 aliphatic carbocycles. The maximum absolute atomic E-state index is 13.0. The molecule has 1 aliphatic heterocycles. The van der Waals surface area contributed by atoms with Gasteiger partial charge in [0.1, 0.15) is 6.10 Å². The molecule has 24 heavy (non-hydrogen) atoms. The molecule has 8 heteroatoms. The molecule has 1 aromatic carbocycles. The lowest BCUT2D eigenvalue weighted by Gasteiger charge is -2.19. The van der Waals surface area contributed by atoms with Gasteiger partial charge in [0.15, 0.2) is 0 Å². The van der Waals surface area contributed by atoms with Crippen molar-refractivity contribution in [2.24, 2.45) is 0 Å². The standard InChI is InChI=1S/C16H14F3N3O2/c17-16(18,19)13-5-2-1-4-12(13)15(23)22-9-7-11(10-22)24-14-6-3-8-20-21-14/h1-6,8,11H,7,9-10H2. The van der Waals surface area contributed by atoms with Gasteiger partial charge in [0.05, 0.1) is 17.7 Å². The number of benzene rings is 1. The Balaban J connectivity index is 1.71. The zero-order valence-electron chi connectivity index (χ0n) is 12.5. The Morgan fingerprint density at radius 1 is 1.21 bits per heavy atom. The highest BCUT2D eigenvalue weighted by atomic mass is 19.4. The van der Waals surface area contributed by atoms with Crippen LogP contribution in [0, 0.1) is 0 Å². The molecule has 1 aromatic heterocycles. The van der Waals surface area contributed by atoms with Gasteiger partial charge in [-0.2, -0.15) is 18.3 Å². The van der Waals surface area contributed by atoms with Crippen LogP contribution in [-0.2, 0) is 6.18 Å². The summed E-state index contributed by atoms with van der Waals surface area (Å²) in [7, 11) is 0. The smallest absolute Gasteiger partial charge is 0.417 e. The normalized spacial score (nSPS) is 17.8. The Kier molecular flexibility index (Phi) is 4.37. The zero-order valence-corrected chi connectivity index (χ0v) is 12.5. The van der Waals surface area contributed by atoms with Crippen molar-refractivity contribution < 1.29 is 22.7 Å². The van der Waals surface area contributed by atoms with Crippen LogP contribution >= 0.6 is 0 Å². The van der Waals surface area contributed by atoms with Crippen molar-refractivity contribution in [3.63, 3.8) is 0 Å². The van der Waals surface area contributed by atoms with Gasteiger partial charge in [-0.25, -0.2) is 0 Å². The van der Waals surface area contributed by atoms with Gasteiger partial charge in [-0.05, 0) is 18.2 Å². The predicted octanol–water partition coefficient (Wildman–Crippen LogP) is 2.79. The second kappa shape index (κ2) is 6.46. The lowest BCUT2D eigenvalue weighted by Crippen LogP contribution is -2.32. The number of amides is 1. The number of alkyl halides is 3. The predicted molar refractivity (Wildman–Crippen MR) is 78.4 cm³/mol. The third-order valence-electron chi connectivity index (χ3n) is 3.73. The molecule has 2 heterocycles. The van der Waals surface area contributed by atoms with E-state index in [2.05, 4.69) is 10.2 Å². The molecule has 1 fully saturated rings. The molecule has 1 aliphatic rings. The molecule has 126 valence electrons. The summed E-state index contributed by atoms with van der Waals surface area (Å²) >= 11 is 0. The van der Waals surface area contributed by atoms with Crippen LogP contribution in [0.15, 0.2) is 42.6 Å². The summed E-state index contributed by atoms with van der Waals surface area (Å²) in [6, 6.07) is 8.10. The number of ether oxygens (including phenoxy) is 1. The summed E-state index contributed by atoms with van der Waals surface area (Å²) in [6.45, 7) is 0.539. The number of aromatic nitrogens is 2. The van der Waals surface area contributed by atoms with Crippen molar-refractivity contribution in [2.75, 3.05) is 13.1 Å². The van der Waals surface area contributed by atoms with E-state index in [0.717, 1.165) is 6.07 Å². The average Bonchev–Trinajstić information content (AvgIpc) is 3.03. The fourth-order valence-electron chi connectivity index (χ4n) is 2.62. The molecule has 1 saturated heterocycles. The van der Waals surface area contributed by atoms with Crippen LogP contribution < -0.4 is 4.74 Å². The van der Waals surface area contributed by atoms with Crippen molar-refractivity contribution >= 4 is 5.91 Å². The van der Waals surface area contributed by atoms with Gasteiger partial charge >= 0.3 is 6.18 Å². The highest BCUT2D eigenvalue weighted by Gasteiger charge is 2.37. The number of carbonyl (C=O) groups excluding carboxylic acids is 1. The number of halogens is 3. The van der Waals surface area contributed by atoms with E-state index < -0.39 is 17.6 Å². The molecule has 0 bridgehead atoms. The van der Waals surface area contributed by atoms with Crippen LogP contribution in [0.2, 0.25) is 0 Å². The first kappa shape index (κ1) is 16.2. The van der Waals surface area contributed by atoms with Gasteiger partial charge in [0, 0.05) is 25.2 Å². The van der Waals surface area contributed by atoms with Crippen LogP contribution in [0.25, 0.3) is 0 Å². The van der Waals surface area contributed by atoms with E-state index in [0.29, 0.717) is 18.8 Å². The summed E-state index contributed by atoms with van der Waals surface area (Å²) in [5.41, 5.74) is -1.27. The quantitative estimate of drug-likeness (QED) is 0.864. The minimum absolute atomic E-state index is 0.210. The van der Waals surface area contributed by atoms with E-state index in [9.17, 15) is 18.0 Å². The van der Waals surface area contributed by atoms with Crippen molar-refractivity contribution in [1.82, 2.24) is 15.1 Å². The Hall–Kier alpha value is -2.64. The van der Waals surface area contributed by atoms with Gasteiger partial charge in [0.2, 0.25) is 5.88 Å². The second-order valence-electron chi connectivity index (χ2n) is 5.38. The maximum atomic E-state index is 13.0. The Labute approximate surface area is 136 Å². The first-order valence-electron chi connectivity index (χ1n) is 7.35. The van der Waals surface area contributed by atoms with Crippen LogP contribution in [0.5, 0.6) is 5.88 Å². The van der Waals surface area contributed by atoms with E-state index in [1.807, 2.05) is 0 Å². The number of likely N-dealkylation sites (tertiary alicyclic amines) is 1. The van der Waals surface area contributed by atoms with Gasteiger partial charge in [-0.15, -0.1) is 5.10 Å². The summed E-state index contributed by atoms with van der Waals surface area (Å²) in [4.78, 5) is 13.8. The summed E-state index contributed by atoms with van der Waals surface area (Å²) in [5.74, 6) is -0.319. The highest BCUT2D eigenvalue weighted by Crippen LogP contribution is 2.32. The molecule has 0 radical (unpaired) electrons. The van der Waals surface area contributed by atoms with Crippen molar-refractivity contribution in [2.45, 2.75) is 18.7 Å². The summed E-state index contributed by atoms with van der Waals surface area (Å²) in [5, 5.41) is 7.48. The molecule has 0 N–H and O–H groups in total. The number of carbonyl (C=O) groups is 1. The maximum Gasteiger partial charge on any atom is 0.417 e. The number of rotatable bonds is 3. The fourth-order valence-corrected chi connectivity index (χ4v) is 2.62. The topological polar surface area (TPSA) is 55.3 Å². The lowest BCUT2D eigenvalue weighted by atomic mass is 10.1. The fraction of sp³-hybridized carbons (Fsp3) is 0.312. The molecule has 2 aromatic rings. The van der Waals surface area contributed by atoms with Crippen molar-refractivity contribution in [3.8, 4) is 5.88 Å². The van der Waals surface area contributed by atoms with Gasteiger partial charge in [-0.1, -0.05) is 12.1 Å². The molecule has 0 saturated carbocycles. The van der Waals surface area contributed by atoms with E-state index in [1.165, 1.54) is 29.3 Å². The van der Waals surface area contributed by atoms with Gasteiger partial charge in [0.25, 0.3) is 5.91 Å².